The molecule has 1 aliphatic carbocycles. The zero-order chi connectivity index (χ0) is 14.8. The van der Waals surface area contributed by atoms with Gasteiger partial charge in [-0.05, 0) is 37.1 Å². The van der Waals surface area contributed by atoms with Crippen LogP contribution in [0, 0.1) is 5.82 Å². The van der Waals surface area contributed by atoms with Crippen LogP contribution >= 0.6 is 11.6 Å². The molecule has 0 radical (unpaired) electrons. The topological polar surface area (TPSA) is 26.3 Å². The van der Waals surface area contributed by atoms with Crippen molar-refractivity contribution in [3.63, 3.8) is 0 Å². The maximum atomic E-state index is 13.7. The smallest absolute Gasteiger partial charge is 0.167 e. The third kappa shape index (κ3) is 3.42. The molecule has 0 aromatic heterocycles. The highest BCUT2D eigenvalue weighted by molar-refractivity contribution is 6.31. The van der Waals surface area contributed by atoms with Gasteiger partial charge in [-0.15, -0.1) is 0 Å². The summed E-state index contributed by atoms with van der Waals surface area (Å²) in [6.45, 7) is 0. The van der Waals surface area contributed by atoms with E-state index in [4.69, 9.17) is 16.3 Å². The minimum atomic E-state index is -0.457. The van der Waals surface area contributed by atoms with Crippen molar-refractivity contribution in [2.24, 2.45) is 0 Å². The van der Waals surface area contributed by atoms with Crippen LogP contribution in [0.3, 0.4) is 0 Å². The quantitative estimate of drug-likeness (QED) is 0.763. The van der Waals surface area contributed by atoms with Crippen LogP contribution < -0.4 is 4.74 Å². The Bertz CT molecular complexity index is 660. The maximum Gasteiger partial charge on any atom is 0.167 e. The van der Waals surface area contributed by atoms with E-state index < -0.39 is 5.82 Å². The van der Waals surface area contributed by atoms with E-state index in [-0.39, 0.29) is 28.9 Å². The van der Waals surface area contributed by atoms with E-state index in [0.29, 0.717) is 11.3 Å². The lowest BCUT2D eigenvalue weighted by Gasteiger charge is -2.08. The summed E-state index contributed by atoms with van der Waals surface area (Å²) in [7, 11) is 0. The summed E-state index contributed by atoms with van der Waals surface area (Å²) in [4.78, 5) is 12.3. The predicted octanol–water partition coefficient (Wildman–Crippen LogP) is 4.45. The lowest BCUT2D eigenvalue weighted by molar-refractivity contribution is 0.0991. The zero-order valence-electron chi connectivity index (χ0n) is 11.3. The molecule has 2 nitrogen and oxygen atoms in total. The molecule has 108 valence electrons. The fourth-order valence-electron chi connectivity index (χ4n) is 2.09. The first kappa shape index (κ1) is 14.1. The average Bonchev–Trinajstić information content (AvgIpc) is 3.27. The molecule has 4 heteroatoms. The van der Waals surface area contributed by atoms with Crippen molar-refractivity contribution in [3.8, 4) is 5.75 Å². The molecular weight excluding hydrogens is 291 g/mol. The van der Waals surface area contributed by atoms with Gasteiger partial charge in [0.25, 0.3) is 0 Å². The molecule has 0 heterocycles. The lowest BCUT2D eigenvalue weighted by atomic mass is 10.0. The van der Waals surface area contributed by atoms with Crippen molar-refractivity contribution in [1.29, 1.82) is 0 Å². The van der Waals surface area contributed by atoms with Crippen LogP contribution in [0.15, 0.2) is 42.5 Å². The van der Waals surface area contributed by atoms with Crippen molar-refractivity contribution < 1.29 is 13.9 Å². The fourth-order valence-corrected chi connectivity index (χ4v) is 2.31. The molecule has 0 unspecified atom stereocenters. The summed E-state index contributed by atoms with van der Waals surface area (Å²) in [6.07, 6.45) is 2.33. The highest BCUT2D eigenvalue weighted by Crippen LogP contribution is 2.27. The third-order valence-electron chi connectivity index (χ3n) is 3.38. The Morgan fingerprint density at radius 2 is 2.00 bits per heavy atom. The predicted molar refractivity (Wildman–Crippen MR) is 79.5 cm³/mol. The Labute approximate surface area is 127 Å². The zero-order valence-corrected chi connectivity index (χ0v) is 12.1. The van der Waals surface area contributed by atoms with E-state index in [1.54, 1.807) is 24.3 Å². The monoisotopic (exact) mass is 304 g/mol. The van der Waals surface area contributed by atoms with Gasteiger partial charge in [-0.2, -0.15) is 0 Å². The second-order valence-corrected chi connectivity index (χ2v) is 5.55. The van der Waals surface area contributed by atoms with Crippen LogP contribution in [0.4, 0.5) is 4.39 Å². The minimum Gasteiger partial charge on any atom is -0.490 e. The van der Waals surface area contributed by atoms with E-state index >= 15 is 0 Å². The van der Waals surface area contributed by atoms with Gasteiger partial charge in [-0.3, -0.25) is 4.79 Å². The van der Waals surface area contributed by atoms with Gasteiger partial charge in [-0.1, -0.05) is 29.8 Å². The van der Waals surface area contributed by atoms with Crippen LogP contribution in [-0.2, 0) is 6.42 Å². The molecule has 3 rings (SSSR count). The van der Waals surface area contributed by atoms with E-state index in [2.05, 4.69) is 0 Å². The van der Waals surface area contributed by atoms with Crippen LogP contribution in [0.25, 0.3) is 0 Å². The largest absolute Gasteiger partial charge is 0.490 e. The molecule has 0 N–H and O–H groups in total. The van der Waals surface area contributed by atoms with Gasteiger partial charge in [-0.25, -0.2) is 4.39 Å². The maximum absolute atomic E-state index is 13.7. The Hall–Kier alpha value is -1.87. The Balaban J connectivity index is 1.78. The first-order valence-electron chi connectivity index (χ1n) is 6.86. The Kier molecular flexibility index (Phi) is 3.93. The van der Waals surface area contributed by atoms with Gasteiger partial charge in [0.15, 0.2) is 5.78 Å². The number of carbonyl (C=O) groups excluding carboxylic acids is 1. The summed E-state index contributed by atoms with van der Waals surface area (Å²) >= 11 is 5.95. The summed E-state index contributed by atoms with van der Waals surface area (Å²) in [6, 6.07) is 11.4. The van der Waals surface area contributed by atoms with Gasteiger partial charge in [0, 0.05) is 22.6 Å². The minimum absolute atomic E-state index is 0.0572. The Morgan fingerprint density at radius 3 is 2.71 bits per heavy atom. The molecular formula is C17H14ClFO2. The summed E-state index contributed by atoms with van der Waals surface area (Å²) in [5.41, 5.74) is 0.741. The molecule has 2 aromatic rings. The van der Waals surface area contributed by atoms with Crippen molar-refractivity contribution in [3.05, 3.63) is 64.4 Å². The van der Waals surface area contributed by atoms with Crippen LogP contribution in [0.2, 0.25) is 5.02 Å². The molecule has 0 aliphatic heterocycles. The van der Waals surface area contributed by atoms with Gasteiger partial charge >= 0.3 is 0 Å². The van der Waals surface area contributed by atoms with Crippen LogP contribution in [0.1, 0.15) is 28.8 Å². The van der Waals surface area contributed by atoms with Gasteiger partial charge in [0.05, 0.1) is 6.10 Å². The molecule has 0 bridgehead atoms. The molecule has 2 aromatic carbocycles. The molecule has 0 spiro atoms. The number of ketones is 1. The summed E-state index contributed by atoms with van der Waals surface area (Å²) in [5, 5.41) is 0.272. The van der Waals surface area contributed by atoms with Gasteiger partial charge < -0.3 is 4.74 Å². The number of rotatable bonds is 5. The standard InChI is InChI=1S/C17H14ClFO2/c18-15-5-2-6-16(19)14(15)10-17(20)11-3-1-4-13(9-11)21-12-7-8-12/h1-6,9,12H,7-8,10H2. The number of hydrogen-bond donors (Lipinski definition) is 0. The number of Topliss-reactive ketones (excluding diaryl/α,β-unsaturated/α-hetero) is 1. The lowest BCUT2D eigenvalue weighted by Crippen LogP contribution is -2.06. The summed E-state index contributed by atoms with van der Waals surface area (Å²) < 4.78 is 19.4. The number of carbonyl (C=O) groups is 1. The molecule has 0 atom stereocenters. The molecule has 1 aliphatic rings. The molecule has 21 heavy (non-hydrogen) atoms. The van der Waals surface area contributed by atoms with Crippen LogP contribution in [-0.4, -0.2) is 11.9 Å². The Morgan fingerprint density at radius 1 is 1.24 bits per heavy atom. The van der Waals surface area contributed by atoms with Crippen molar-refractivity contribution >= 4 is 17.4 Å². The van der Waals surface area contributed by atoms with Crippen LogP contribution in [0.5, 0.6) is 5.75 Å². The second-order valence-electron chi connectivity index (χ2n) is 5.15. The molecule has 1 saturated carbocycles. The van der Waals surface area contributed by atoms with Gasteiger partial charge in [0.1, 0.15) is 11.6 Å². The summed E-state index contributed by atoms with van der Waals surface area (Å²) in [5.74, 6) is 0.0486. The average molecular weight is 305 g/mol. The van der Waals surface area contributed by atoms with Crippen molar-refractivity contribution in [2.75, 3.05) is 0 Å². The van der Waals surface area contributed by atoms with E-state index in [9.17, 15) is 9.18 Å². The van der Waals surface area contributed by atoms with Gasteiger partial charge in [0.2, 0.25) is 0 Å². The number of halogens is 2. The number of hydrogen-bond acceptors (Lipinski definition) is 2. The SMILES string of the molecule is O=C(Cc1c(F)cccc1Cl)c1cccc(OC2CC2)c1. The van der Waals surface area contributed by atoms with E-state index in [0.717, 1.165) is 12.8 Å². The van der Waals surface area contributed by atoms with Crippen molar-refractivity contribution in [2.45, 2.75) is 25.4 Å². The van der Waals surface area contributed by atoms with Crippen molar-refractivity contribution in [1.82, 2.24) is 0 Å². The first-order chi connectivity index (χ1) is 10.1. The van der Waals surface area contributed by atoms with E-state index in [1.807, 2.05) is 6.07 Å². The number of benzene rings is 2. The normalized spacial score (nSPS) is 14.0. The number of ether oxygens (including phenoxy) is 1. The first-order valence-corrected chi connectivity index (χ1v) is 7.24. The third-order valence-corrected chi connectivity index (χ3v) is 3.74. The second kappa shape index (κ2) is 5.86. The highest BCUT2D eigenvalue weighted by atomic mass is 35.5. The molecule has 0 amide bonds. The highest BCUT2D eigenvalue weighted by Gasteiger charge is 2.23. The fraction of sp³-hybridized carbons (Fsp3) is 0.235. The van der Waals surface area contributed by atoms with E-state index in [1.165, 1.54) is 12.1 Å². The molecule has 1 fully saturated rings. The molecule has 0 saturated heterocycles.